The molecule has 3 rings (SSSR count). The molecular weight excluding hydrogens is 304 g/mol. The van der Waals surface area contributed by atoms with E-state index in [0.29, 0.717) is 6.61 Å². The molecule has 0 atom stereocenters. The molecule has 0 spiro atoms. The molecule has 0 aliphatic heterocycles. The zero-order chi connectivity index (χ0) is 14.8. The third kappa shape index (κ3) is 2.62. The number of rotatable bonds is 5. The molecule has 0 amide bonds. The molecule has 4 nitrogen and oxygen atoms in total. The summed E-state index contributed by atoms with van der Waals surface area (Å²) in [7, 11) is 0. The number of ether oxygens (including phenoxy) is 1. The van der Waals surface area contributed by atoms with Crippen LogP contribution in [0.25, 0.3) is 11.3 Å². The van der Waals surface area contributed by atoms with Gasteiger partial charge in [0.2, 0.25) is 0 Å². The molecule has 1 N–H and O–H groups in total. The number of aromatic amines is 1. The highest BCUT2D eigenvalue weighted by Gasteiger charge is 2.29. The summed E-state index contributed by atoms with van der Waals surface area (Å²) in [5, 5.41) is 7.27. The lowest BCUT2D eigenvalue weighted by Crippen LogP contribution is -2.08. The maximum Gasteiger partial charge on any atom is 0.348 e. The molecule has 1 aliphatic rings. The van der Waals surface area contributed by atoms with Crippen LogP contribution < -0.4 is 0 Å². The van der Waals surface area contributed by atoms with Crippen LogP contribution in [0.3, 0.4) is 0 Å². The Morgan fingerprint density at radius 1 is 1.48 bits per heavy atom. The first-order valence-electron chi connectivity index (χ1n) is 7.24. The maximum atomic E-state index is 12.2. The first-order valence-corrected chi connectivity index (χ1v) is 9.04. The van der Waals surface area contributed by atoms with Crippen molar-refractivity contribution in [3.63, 3.8) is 0 Å². The fourth-order valence-corrected chi connectivity index (χ4v) is 5.05. The van der Waals surface area contributed by atoms with Crippen LogP contribution in [0.1, 0.15) is 41.1 Å². The SMILES string of the molecule is CCCSc1sc(C(=O)OCC)c2c1-c1[nH]ncc1CC2. The standard InChI is InChI=1S/C15H18N2O2S2/c1-3-7-20-15-11-10(13(21-15)14(18)19-4-2)6-5-9-8-16-17-12(9)11/h8H,3-7H2,1-2H3,(H,16,17). The van der Waals surface area contributed by atoms with Gasteiger partial charge in [0.25, 0.3) is 0 Å². The van der Waals surface area contributed by atoms with Gasteiger partial charge in [-0.15, -0.1) is 23.1 Å². The van der Waals surface area contributed by atoms with Gasteiger partial charge in [-0.2, -0.15) is 5.10 Å². The summed E-state index contributed by atoms with van der Waals surface area (Å²) >= 11 is 3.39. The number of hydrogen-bond acceptors (Lipinski definition) is 5. The Balaban J connectivity index is 2.08. The zero-order valence-corrected chi connectivity index (χ0v) is 13.8. The lowest BCUT2D eigenvalue weighted by Gasteiger charge is -2.14. The lowest BCUT2D eigenvalue weighted by molar-refractivity contribution is 0.0531. The van der Waals surface area contributed by atoms with E-state index >= 15 is 0 Å². The van der Waals surface area contributed by atoms with E-state index in [1.54, 1.807) is 11.3 Å². The first-order chi connectivity index (χ1) is 10.3. The average Bonchev–Trinajstić information content (AvgIpc) is 3.09. The second kappa shape index (κ2) is 6.23. The summed E-state index contributed by atoms with van der Waals surface area (Å²) in [6, 6.07) is 0. The van der Waals surface area contributed by atoms with E-state index in [9.17, 15) is 4.79 Å². The van der Waals surface area contributed by atoms with Crippen molar-refractivity contribution in [1.29, 1.82) is 0 Å². The molecule has 2 aromatic rings. The zero-order valence-electron chi connectivity index (χ0n) is 12.2. The van der Waals surface area contributed by atoms with Crippen LogP contribution in [0.15, 0.2) is 10.4 Å². The van der Waals surface area contributed by atoms with E-state index in [1.165, 1.54) is 15.3 Å². The van der Waals surface area contributed by atoms with Crippen LogP contribution in [0, 0.1) is 0 Å². The highest BCUT2D eigenvalue weighted by Crippen LogP contribution is 2.46. The molecule has 1 aliphatic carbocycles. The number of aryl methyl sites for hydroxylation is 1. The summed E-state index contributed by atoms with van der Waals surface area (Å²) in [6.45, 7) is 4.43. The Morgan fingerprint density at radius 2 is 2.33 bits per heavy atom. The third-order valence-corrected chi connectivity index (χ3v) is 6.17. The number of nitrogens with one attached hydrogen (secondary N) is 1. The smallest absolute Gasteiger partial charge is 0.348 e. The van der Waals surface area contributed by atoms with Gasteiger partial charge in [0, 0.05) is 5.56 Å². The van der Waals surface area contributed by atoms with Crippen LogP contribution in [-0.4, -0.2) is 28.5 Å². The van der Waals surface area contributed by atoms with E-state index in [1.807, 2.05) is 24.9 Å². The highest BCUT2D eigenvalue weighted by atomic mass is 32.2. The molecule has 2 aromatic heterocycles. The van der Waals surface area contributed by atoms with E-state index in [4.69, 9.17) is 4.74 Å². The first kappa shape index (κ1) is 14.7. The Morgan fingerprint density at radius 3 is 3.10 bits per heavy atom. The largest absolute Gasteiger partial charge is 0.462 e. The second-order valence-electron chi connectivity index (χ2n) is 4.91. The van der Waals surface area contributed by atoms with E-state index in [-0.39, 0.29) is 5.97 Å². The normalized spacial score (nSPS) is 12.9. The van der Waals surface area contributed by atoms with E-state index in [2.05, 4.69) is 17.1 Å². The van der Waals surface area contributed by atoms with Crippen molar-refractivity contribution in [3.8, 4) is 11.3 Å². The summed E-state index contributed by atoms with van der Waals surface area (Å²) in [5.41, 5.74) is 4.64. The number of thioether (sulfide) groups is 1. The van der Waals surface area contributed by atoms with Gasteiger partial charge in [0.05, 0.1) is 22.7 Å². The predicted octanol–water partition coefficient (Wildman–Crippen LogP) is 3.92. The molecule has 0 aromatic carbocycles. The van der Waals surface area contributed by atoms with Crippen molar-refractivity contribution in [2.24, 2.45) is 0 Å². The molecule has 0 fully saturated rings. The topological polar surface area (TPSA) is 55.0 Å². The molecule has 6 heteroatoms. The Bertz CT molecular complexity index is 661. The van der Waals surface area contributed by atoms with Crippen molar-refractivity contribution in [2.75, 3.05) is 12.4 Å². The van der Waals surface area contributed by atoms with Crippen molar-refractivity contribution < 1.29 is 9.53 Å². The van der Waals surface area contributed by atoms with Gasteiger partial charge in [0.15, 0.2) is 0 Å². The Labute approximate surface area is 132 Å². The van der Waals surface area contributed by atoms with Gasteiger partial charge < -0.3 is 4.74 Å². The van der Waals surface area contributed by atoms with Crippen LogP contribution in [0.2, 0.25) is 0 Å². The molecule has 0 saturated carbocycles. The summed E-state index contributed by atoms with van der Waals surface area (Å²) in [4.78, 5) is 13.0. The lowest BCUT2D eigenvalue weighted by atomic mass is 9.92. The minimum atomic E-state index is -0.190. The van der Waals surface area contributed by atoms with Crippen molar-refractivity contribution in [3.05, 3.63) is 22.2 Å². The number of esters is 1. The van der Waals surface area contributed by atoms with Crippen LogP contribution in [0.4, 0.5) is 0 Å². The third-order valence-electron chi connectivity index (χ3n) is 3.49. The van der Waals surface area contributed by atoms with Gasteiger partial charge in [-0.3, -0.25) is 5.10 Å². The fourth-order valence-electron chi connectivity index (χ4n) is 2.57. The van der Waals surface area contributed by atoms with E-state index in [0.717, 1.165) is 41.1 Å². The quantitative estimate of drug-likeness (QED) is 0.670. The second-order valence-corrected chi connectivity index (χ2v) is 7.30. The number of hydrogen-bond donors (Lipinski definition) is 1. The molecule has 0 saturated heterocycles. The average molecular weight is 322 g/mol. The monoisotopic (exact) mass is 322 g/mol. The van der Waals surface area contributed by atoms with Crippen LogP contribution in [-0.2, 0) is 17.6 Å². The molecule has 0 radical (unpaired) electrons. The minimum Gasteiger partial charge on any atom is -0.462 e. The summed E-state index contributed by atoms with van der Waals surface area (Å²) in [6.07, 6.45) is 4.83. The maximum absolute atomic E-state index is 12.2. The van der Waals surface area contributed by atoms with Gasteiger partial charge in [0.1, 0.15) is 4.88 Å². The number of aromatic nitrogens is 2. The molecule has 0 bridgehead atoms. The highest BCUT2D eigenvalue weighted by molar-refractivity contribution is 8.01. The Hall–Kier alpha value is -1.27. The van der Waals surface area contributed by atoms with Gasteiger partial charge in [-0.05, 0) is 43.1 Å². The molecule has 21 heavy (non-hydrogen) atoms. The number of carbonyl (C=O) groups is 1. The minimum absolute atomic E-state index is 0.190. The van der Waals surface area contributed by atoms with Crippen molar-refractivity contribution in [2.45, 2.75) is 37.3 Å². The molecule has 0 unspecified atom stereocenters. The number of nitrogens with zero attached hydrogens (tertiary/aromatic N) is 1. The van der Waals surface area contributed by atoms with Crippen molar-refractivity contribution in [1.82, 2.24) is 10.2 Å². The predicted molar refractivity (Wildman–Crippen MR) is 86.3 cm³/mol. The molecular formula is C15H18N2O2S2. The Kier molecular flexibility index (Phi) is 4.35. The number of H-pyrrole nitrogens is 1. The number of carbonyl (C=O) groups excluding carboxylic acids is 1. The number of fused-ring (bicyclic) bond motifs is 3. The molecule has 112 valence electrons. The van der Waals surface area contributed by atoms with Gasteiger partial charge in [-0.1, -0.05) is 6.92 Å². The summed E-state index contributed by atoms with van der Waals surface area (Å²) < 4.78 is 6.43. The summed E-state index contributed by atoms with van der Waals surface area (Å²) in [5.74, 6) is 0.864. The number of thiophene rings is 1. The van der Waals surface area contributed by atoms with Crippen LogP contribution >= 0.6 is 23.1 Å². The molecule has 2 heterocycles. The van der Waals surface area contributed by atoms with Crippen molar-refractivity contribution >= 4 is 29.1 Å². The van der Waals surface area contributed by atoms with Crippen LogP contribution in [0.5, 0.6) is 0 Å². The van der Waals surface area contributed by atoms with Gasteiger partial charge >= 0.3 is 5.97 Å². The van der Waals surface area contributed by atoms with Gasteiger partial charge in [-0.25, -0.2) is 4.79 Å². The van der Waals surface area contributed by atoms with E-state index < -0.39 is 0 Å². The fraction of sp³-hybridized carbons (Fsp3) is 0.467.